The summed E-state index contributed by atoms with van der Waals surface area (Å²) in [7, 11) is 0. The molecule has 1 aromatic heterocycles. The third kappa shape index (κ3) is 4.99. The molecule has 9 nitrogen and oxygen atoms in total. The van der Waals surface area contributed by atoms with E-state index in [0.29, 0.717) is 10.1 Å². The summed E-state index contributed by atoms with van der Waals surface area (Å²) in [6.07, 6.45) is 0. The number of nitro benzene ring substituents is 1. The Kier molecular flexibility index (Phi) is 5.93. The van der Waals surface area contributed by atoms with E-state index >= 15 is 0 Å². The molecule has 0 radical (unpaired) electrons. The number of nitro groups is 1. The molecule has 1 heterocycles. The van der Waals surface area contributed by atoms with Crippen LogP contribution in [0.5, 0.6) is 0 Å². The van der Waals surface area contributed by atoms with Gasteiger partial charge in [-0.15, -0.1) is 10.2 Å². The highest BCUT2D eigenvalue weighted by molar-refractivity contribution is 7.18. The zero-order valence-corrected chi connectivity index (χ0v) is 16.4. The normalized spacial score (nSPS) is 11.5. The van der Waals surface area contributed by atoms with Crippen LogP contribution in [-0.2, 0) is 4.79 Å². The number of aryl methyl sites for hydroxylation is 1. The summed E-state index contributed by atoms with van der Waals surface area (Å²) in [6, 6.07) is 12.2. The second-order valence-electron chi connectivity index (χ2n) is 6.27. The van der Waals surface area contributed by atoms with Crippen molar-refractivity contribution in [2.24, 2.45) is 0 Å². The van der Waals surface area contributed by atoms with Crippen molar-refractivity contribution in [1.82, 2.24) is 15.5 Å². The Morgan fingerprint density at radius 1 is 1.14 bits per heavy atom. The third-order valence-electron chi connectivity index (χ3n) is 4.01. The standard InChI is InChI=1S/C19H17N5O4S/c1-11-6-8-13(9-7-11)18-22-23-19(29-18)21-16(25)12(2)20-17(26)14-4-3-5-15(10-14)24(27)28/h3-10,12H,1-2H3,(H,20,26)(H,21,23,25). The van der Waals surface area contributed by atoms with E-state index in [-0.39, 0.29) is 11.3 Å². The third-order valence-corrected chi connectivity index (χ3v) is 4.90. The minimum atomic E-state index is -0.881. The summed E-state index contributed by atoms with van der Waals surface area (Å²) in [6.45, 7) is 3.49. The molecule has 29 heavy (non-hydrogen) atoms. The Morgan fingerprint density at radius 3 is 2.55 bits per heavy atom. The Morgan fingerprint density at radius 2 is 1.86 bits per heavy atom. The van der Waals surface area contributed by atoms with E-state index in [9.17, 15) is 19.7 Å². The fourth-order valence-corrected chi connectivity index (χ4v) is 3.16. The van der Waals surface area contributed by atoms with Gasteiger partial charge in [-0.25, -0.2) is 0 Å². The summed E-state index contributed by atoms with van der Waals surface area (Å²) >= 11 is 1.22. The number of anilines is 1. The SMILES string of the molecule is Cc1ccc(-c2nnc(NC(=O)C(C)NC(=O)c3cccc([N+](=O)[O-])c3)s2)cc1. The maximum atomic E-state index is 12.3. The smallest absolute Gasteiger partial charge is 0.270 e. The van der Waals surface area contributed by atoms with Gasteiger partial charge in [-0.1, -0.05) is 47.2 Å². The Hall–Kier alpha value is -3.66. The first-order chi connectivity index (χ1) is 13.8. The molecule has 2 amide bonds. The highest BCUT2D eigenvalue weighted by atomic mass is 32.1. The maximum absolute atomic E-state index is 12.3. The van der Waals surface area contributed by atoms with Gasteiger partial charge in [0.1, 0.15) is 11.0 Å². The lowest BCUT2D eigenvalue weighted by Crippen LogP contribution is -2.41. The van der Waals surface area contributed by atoms with Gasteiger partial charge >= 0.3 is 0 Å². The minimum absolute atomic E-state index is 0.0939. The van der Waals surface area contributed by atoms with E-state index in [1.807, 2.05) is 31.2 Å². The second kappa shape index (κ2) is 8.57. The molecule has 0 fully saturated rings. The van der Waals surface area contributed by atoms with Gasteiger partial charge in [-0.3, -0.25) is 25.0 Å². The van der Waals surface area contributed by atoms with Gasteiger partial charge in [0.05, 0.1) is 4.92 Å². The van der Waals surface area contributed by atoms with Crippen LogP contribution in [0.3, 0.4) is 0 Å². The van der Waals surface area contributed by atoms with E-state index < -0.39 is 22.8 Å². The number of hydrogen-bond acceptors (Lipinski definition) is 7. The summed E-state index contributed by atoms with van der Waals surface area (Å²) in [4.78, 5) is 34.9. The Labute approximate surface area is 169 Å². The van der Waals surface area contributed by atoms with Gasteiger partial charge in [0, 0.05) is 23.3 Å². The van der Waals surface area contributed by atoms with E-state index in [2.05, 4.69) is 20.8 Å². The topological polar surface area (TPSA) is 127 Å². The number of aromatic nitrogens is 2. The van der Waals surface area contributed by atoms with Crippen molar-refractivity contribution in [1.29, 1.82) is 0 Å². The Bertz CT molecular complexity index is 1060. The predicted molar refractivity (Wildman–Crippen MR) is 109 cm³/mol. The summed E-state index contributed by atoms with van der Waals surface area (Å²) in [5, 5.41) is 24.9. The molecule has 10 heteroatoms. The molecule has 0 bridgehead atoms. The second-order valence-corrected chi connectivity index (χ2v) is 7.25. The van der Waals surface area contributed by atoms with Crippen LogP contribution < -0.4 is 10.6 Å². The number of carbonyl (C=O) groups is 2. The molecule has 0 spiro atoms. The van der Waals surface area contributed by atoms with Crippen molar-refractivity contribution in [3.05, 3.63) is 69.8 Å². The molecule has 1 atom stereocenters. The molecule has 0 aliphatic rings. The van der Waals surface area contributed by atoms with Crippen LogP contribution in [0.1, 0.15) is 22.8 Å². The average molecular weight is 411 g/mol. The van der Waals surface area contributed by atoms with Crippen LogP contribution in [0, 0.1) is 17.0 Å². The van der Waals surface area contributed by atoms with Crippen molar-refractivity contribution < 1.29 is 14.5 Å². The van der Waals surface area contributed by atoms with Crippen molar-refractivity contribution >= 4 is 34.0 Å². The lowest BCUT2D eigenvalue weighted by atomic mass is 10.1. The molecule has 2 N–H and O–H groups in total. The van der Waals surface area contributed by atoms with E-state index in [1.165, 1.54) is 36.5 Å². The van der Waals surface area contributed by atoms with Crippen LogP contribution in [0.2, 0.25) is 0 Å². The lowest BCUT2D eigenvalue weighted by Gasteiger charge is -2.12. The van der Waals surface area contributed by atoms with E-state index in [1.54, 1.807) is 0 Å². The molecule has 1 unspecified atom stereocenters. The van der Waals surface area contributed by atoms with Gasteiger partial charge in [0.25, 0.3) is 11.6 Å². The highest BCUT2D eigenvalue weighted by Crippen LogP contribution is 2.26. The lowest BCUT2D eigenvalue weighted by molar-refractivity contribution is -0.384. The number of benzene rings is 2. The number of amides is 2. The zero-order valence-electron chi connectivity index (χ0n) is 15.6. The van der Waals surface area contributed by atoms with Gasteiger partial charge in [-0.05, 0) is 19.9 Å². The van der Waals surface area contributed by atoms with Crippen molar-refractivity contribution in [3.8, 4) is 10.6 Å². The molecule has 0 aliphatic carbocycles. The first-order valence-corrected chi connectivity index (χ1v) is 9.42. The van der Waals surface area contributed by atoms with Crippen LogP contribution in [-0.4, -0.2) is 33.0 Å². The summed E-state index contributed by atoms with van der Waals surface area (Å²) < 4.78 is 0. The summed E-state index contributed by atoms with van der Waals surface area (Å²) in [5.74, 6) is -1.07. The number of carbonyl (C=O) groups excluding carboxylic acids is 2. The molecule has 0 aliphatic heterocycles. The molecular formula is C19H17N5O4S. The number of rotatable bonds is 6. The number of hydrogen-bond donors (Lipinski definition) is 2. The Balaban J connectivity index is 1.62. The fraction of sp³-hybridized carbons (Fsp3) is 0.158. The average Bonchev–Trinajstić information content (AvgIpc) is 3.16. The first-order valence-electron chi connectivity index (χ1n) is 8.60. The number of nitrogens with zero attached hydrogens (tertiary/aromatic N) is 3. The molecule has 3 aromatic rings. The van der Waals surface area contributed by atoms with Gasteiger partial charge in [0.15, 0.2) is 0 Å². The van der Waals surface area contributed by atoms with E-state index in [0.717, 1.165) is 17.2 Å². The summed E-state index contributed by atoms with van der Waals surface area (Å²) in [5.41, 5.74) is 1.91. The first kappa shape index (κ1) is 20.1. The highest BCUT2D eigenvalue weighted by Gasteiger charge is 2.19. The number of nitrogens with one attached hydrogen (secondary N) is 2. The van der Waals surface area contributed by atoms with Crippen LogP contribution in [0.4, 0.5) is 10.8 Å². The van der Waals surface area contributed by atoms with Gasteiger partial charge < -0.3 is 5.32 Å². The van der Waals surface area contributed by atoms with Crippen LogP contribution >= 0.6 is 11.3 Å². The molecule has 3 rings (SSSR count). The van der Waals surface area contributed by atoms with Gasteiger partial charge in [-0.2, -0.15) is 0 Å². The number of non-ortho nitro benzene ring substituents is 1. The van der Waals surface area contributed by atoms with Crippen LogP contribution in [0.25, 0.3) is 10.6 Å². The minimum Gasteiger partial charge on any atom is -0.341 e. The molecular weight excluding hydrogens is 394 g/mol. The van der Waals surface area contributed by atoms with Crippen molar-refractivity contribution in [2.45, 2.75) is 19.9 Å². The maximum Gasteiger partial charge on any atom is 0.270 e. The predicted octanol–water partition coefficient (Wildman–Crippen LogP) is 3.18. The molecule has 0 saturated heterocycles. The molecule has 0 saturated carbocycles. The fourth-order valence-electron chi connectivity index (χ4n) is 2.41. The molecule has 2 aromatic carbocycles. The molecule has 148 valence electrons. The van der Waals surface area contributed by atoms with Crippen LogP contribution in [0.15, 0.2) is 48.5 Å². The van der Waals surface area contributed by atoms with Crippen molar-refractivity contribution in [2.75, 3.05) is 5.32 Å². The van der Waals surface area contributed by atoms with E-state index in [4.69, 9.17) is 0 Å². The van der Waals surface area contributed by atoms with Crippen molar-refractivity contribution in [3.63, 3.8) is 0 Å². The monoisotopic (exact) mass is 411 g/mol. The quantitative estimate of drug-likeness (QED) is 0.474. The van der Waals surface area contributed by atoms with Gasteiger partial charge in [0.2, 0.25) is 11.0 Å². The largest absolute Gasteiger partial charge is 0.341 e. The zero-order chi connectivity index (χ0) is 21.0.